The van der Waals surface area contributed by atoms with Crippen LogP contribution in [0.15, 0.2) is 12.7 Å². The maximum atomic E-state index is 11.9. The summed E-state index contributed by atoms with van der Waals surface area (Å²) in [6, 6.07) is 0. The maximum absolute atomic E-state index is 11.9. The molecule has 0 aliphatic heterocycles. The zero-order chi connectivity index (χ0) is 20.7. The number of carboxylic acids is 1. The third-order valence-electron chi connectivity index (χ3n) is 4.36. The molecule has 0 rings (SSSR count). The minimum absolute atomic E-state index is 0.483. The lowest BCUT2D eigenvalue weighted by atomic mass is 10.0. The van der Waals surface area contributed by atoms with Crippen LogP contribution < -0.4 is 0 Å². The number of hydrogen-bond donors (Lipinski definition) is 2. The Hall–Kier alpha value is -1.41. The van der Waals surface area contributed by atoms with E-state index in [1.165, 1.54) is 44.6 Å². The Kier molecular flexibility index (Phi) is 13.9. The number of rotatable bonds is 17. The molecule has 0 aromatic heterocycles. The first kappa shape index (κ1) is 25.6. The first-order chi connectivity index (χ1) is 12.7. The third kappa shape index (κ3) is 13.4. The summed E-state index contributed by atoms with van der Waals surface area (Å²) in [5, 5.41) is 6.57. The molecule has 0 radical (unpaired) electrons. The van der Waals surface area contributed by atoms with Crippen molar-refractivity contribution in [2.24, 2.45) is 0 Å². The molecule has 0 aliphatic carbocycles. The lowest BCUT2D eigenvalue weighted by molar-refractivity contribution is -0.150. The molecule has 0 aromatic carbocycles. The van der Waals surface area contributed by atoms with E-state index in [1.54, 1.807) is 0 Å². The number of carboxylic acid groups (broad SMARTS) is 1. The molecule has 0 bridgehead atoms. The second-order valence-corrected chi connectivity index (χ2v) is 8.38. The molecule has 0 aromatic rings. The zero-order valence-corrected chi connectivity index (χ0v) is 17.1. The second-order valence-electron chi connectivity index (χ2n) is 6.78. The van der Waals surface area contributed by atoms with E-state index in [4.69, 9.17) is 14.4 Å². The molecule has 8 heteroatoms. The van der Waals surface area contributed by atoms with E-state index in [0.29, 0.717) is 6.42 Å². The fourth-order valence-electron chi connectivity index (χ4n) is 2.75. The molecule has 0 fully saturated rings. The third-order valence-corrected chi connectivity index (χ3v) is 5.43. The first-order valence-electron chi connectivity index (χ1n) is 9.73. The van der Waals surface area contributed by atoms with Gasteiger partial charge in [0, 0.05) is 0 Å². The van der Waals surface area contributed by atoms with Gasteiger partial charge in [0.15, 0.2) is 5.25 Å². The number of ether oxygens (including phenoxy) is 1. The highest BCUT2D eigenvalue weighted by Gasteiger charge is 2.35. The summed E-state index contributed by atoms with van der Waals surface area (Å²) >= 11 is 0. The van der Waals surface area contributed by atoms with Gasteiger partial charge < -0.3 is 9.84 Å². The Balaban J connectivity index is 4.11. The van der Waals surface area contributed by atoms with Crippen LogP contribution in [0.4, 0.5) is 0 Å². The fourth-order valence-corrected chi connectivity index (χ4v) is 3.40. The van der Waals surface area contributed by atoms with Crippen LogP contribution in [-0.4, -0.2) is 41.4 Å². The molecule has 7 nitrogen and oxygen atoms in total. The van der Waals surface area contributed by atoms with Gasteiger partial charge in [0.25, 0.3) is 10.1 Å². The van der Waals surface area contributed by atoms with Crippen molar-refractivity contribution >= 4 is 22.1 Å². The van der Waals surface area contributed by atoms with E-state index in [2.05, 4.69) is 13.5 Å². The number of hydrogen-bond acceptors (Lipinski definition) is 5. The number of carbonyl (C=O) groups is 2. The Labute approximate surface area is 162 Å². The molecule has 0 heterocycles. The lowest BCUT2D eigenvalue weighted by Crippen LogP contribution is -2.35. The van der Waals surface area contributed by atoms with Gasteiger partial charge in [-0.3, -0.25) is 14.1 Å². The lowest BCUT2D eigenvalue weighted by Gasteiger charge is -2.17. The Morgan fingerprint density at radius 1 is 1.00 bits per heavy atom. The molecule has 27 heavy (non-hydrogen) atoms. The van der Waals surface area contributed by atoms with Gasteiger partial charge in [-0.2, -0.15) is 8.42 Å². The van der Waals surface area contributed by atoms with Crippen LogP contribution in [0.1, 0.15) is 84.0 Å². The molecule has 0 saturated carbocycles. The monoisotopic (exact) mass is 406 g/mol. The summed E-state index contributed by atoms with van der Waals surface area (Å²) < 4.78 is 36.4. The number of unbranched alkanes of at least 4 members (excludes halogenated alkanes) is 9. The van der Waals surface area contributed by atoms with Crippen LogP contribution in [0.3, 0.4) is 0 Å². The predicted octanol–water partition coefficient (Wildman–Crippen LogP) is 4.13. The van der Waals surface area contributed by atoms with Crippen molar-refractivity contribution < 1.29 is 32.4 Å². The maximum Gasteiger partial charge on any atom is 0.328 e. The van der Waals surface area contributed by atoms with Crippen LogP contribution in [0, 0.1) is 0 Å². The van der Waals surface area contributed by atoms with E-state index in [9.17, 15) is 18.0 Å². The Morgan fingerprint density at radius 2 is 1.48 bits per heavy atom. The van der Waals surface area contributed by atoms with E-state index in [0.717, 1.165) is 25.7 Å². The Morgan fingerprint density at radius 3 is 1.89 bits per heavy atom. The first-order valence-corrected chi connectivity index (χ1v) is 11.2. The van der Waals surface area contributed by atoms with Crippen molar-refractivity contribution in [2.45, 2.75) is 95.3 Å². The van der Waals surface area contributed by atoms with Gasteiger partial charge in [-0.1, -0.05) is 77.4 Å². The summed E-state index contributed by atoms with van der Waals surface area (Å²) in [6.45, 7) is 5.75. The zero-order valence-electron chi connectivity index (χ0n) is 16.3. The number of aliphatic carboxylic acids is 1. The highest BCUT2D eigenvalue weighted by Crippen LogP contribution is 2.15. The fraction of sp³-hybridized carbons (Fsp3) is 0.789. The van der Waals surface area contributed by atoms with Gasteiger partial charge in [-0.05, 0) is 12.8 Å². The minimum Gasteiger partial charge on any atom is -0.481 e. The van der Waals surface area contributed by atoms with Crippen molar-refractivity contribution in [1.29, 1.82) is 0 Å². The summed E-state index contributed by atoms with van der Waals surface area (Å²) in [4.78, 5) is 22.6. The van der Waals surface area contributed by atoms with E-state index in [-0.39, 0.29) is 0 Å². The second kappa shape index (κ2) is 14.6. The van der Waals surface area contributed by atoms with Gasteiger partial charge in [0.05, 0.1) is 6.42 Å². The van der Waals surface area contributed by atoms with Crippen molar-refractivity contribution in [2.75, 3.05) is 0 Å². The quantitative estimate of drug-likeness (QED) is 0.161. The molecule has 0 aliphatic rings. The highest BCUT2D eigenvalue weighted by molar-refractivity contribution is 7.87. The van der Waals surface area contributed by atoms with Gasteiger partial charge in [-0.25, -0.2) is 0 Å². The van der Waals surface area contributed by atoms with Crippen LogP contribution >= 0.6 is 0 Å². The van der Waals surface area contributed by atoms with Crippen molar-refractivity contribution in [3.8, 4) is 0 Å². The van der Waals surface area contributed by atoms with Crippen LogP contribution in [0.25, 0.3) is 0 Å². The molecule has 0 saturated heterocycles. The summed E-state index contributed by atoms with van der Waals surface area (Å²) in [6.07, 6.45) is 11.7. The standard InChI is InChI=1S/C19H34O7S/c1-3-5-6-7-8-9-10-11-12-13-14-16(4-2)26-19(22)17(15-18(20)21)27(23,24)25/h4,16-17H,2-3,5-15H2,1H3,(H,20,21)(H,23,24,25). The van der Waals surface area contributed by atoms with Crippen molar-refractivity contribution in [3.63, 3.8) is 0 Å². The molecule has 158 valence electrons. The SMILES string of the molecule is C=CC(CCCCCCCCCCCC)OC(=O)C(CC(=O)O)S(=O)(=O)O. The van der Waals surface area contributed by atoms with Crippen molar-refractivity contribution in [3.05, 3.63) is 12.7 Å². The molecule has 0 amide bonds. The average Bonchev–Trinajstić information content (AvgIpc) is 2.58. The van der Waals surface area contributed by atoms with Gasteiger partial charge >= 0.3 is 11.9 Å². The Bertz CT molecular complexity index is 542. The normalized spacial score (nSPS) is 13.7. The van der Waals surface area contributed by atoms with Gasteiger partial charge in [0.2, 0.25) is 0 Å². The summed E-state index contributed by atoms with van der Waals surface area (Å²) in [5.41, 5.74) is 0. The van der Waals surface area contributed by atoms with Gasteiger partial charge in [0.1, 0.15) is 6.10 Å². The molecule has 0 spiro atoms. The minimum atomic E-state index is -4.85. The summed E-state index contributed by atoms with van der Waals surface area (Å²) in [7, 11) is -4.85. The molecule has 2 N–H and O–H groups in total. The van der Waals surface area contributed by atoms with Crippen LogP contribution in [0.5, 0.6) is 0 Å². The molecule has 2 unspecified atom stereocenters. The van der Waals surface area contributed by atoms with Crippen LogP contribution in [0.2, 0.25) is 0 Å². The number of carbonyl (C=O) groups excluding carboxylic acids is 1. The van der Waals surface area contributed by atoms with Crippen LogP contribution in [-0.2, 0) is 24.4 Å². The molecular formula is C19H34O7S. The van der Waals surface area contributed by atoms with E-state index < -0.39 is 39.8 Å². The summed E-state index contributed by atoms with van der Waals surface area (Å²) in [5.74, 6) is -2.78. The van der Waals surface area contributed by atoms with E-state index in [1.807, 2.05) is 0 Å². The van der Waals surface area contributed by atoms with Gasteiger partial charge in [-0.15, -0.1) is 0 Å². The smallest absolute Gasteiger partial charge is 0.328 e. The average molecular weight is 407 g/mol. The topological polar surface area (TPSA) is 118 Å². The predicted molar refractivity (Wildman–Crippen MR) is 104 cm³/mol. The van der Waals surface area contributed by atoms with E-state index >= 15 is 0 Å². The number of esters is 1. The van der Waals surface area contributed by atoms with Crippen molar-refractivity contribution in [1.82, 2.24) is 0 Å². The molecule has 2 atom stereocenters. The largest absolute Gasteiger partial charge is 0.481 e. The molecular weight excluding hydrogens is 372 g/mol. The highest BCUT2D eigenvalue weighted by atomic mass is 32.2.